The minimum atomic E-state index is -0.769. The smallest absolute Gasteiger partial charge is 0.128 e. The lowest BCUT2D eigenvalue weighted by atomic mass is 9.99. The molecule has 0 bridgehead atoms. The maximum Gasteiger partial charge on any atom is 0.128 e. The molecule has 21 heavy (non-hydrogen) atoms. The number of benzene rings is 2. The molecule has 0 saturated carbocycles. The highest BCUT2D eigenvalue weighted by Crippen LogP contribution is 2.32. The Balaban J connectivity index is 2.28. The van der Waals surface area contributed by atoms with Gasteiger partial charge >= 0.3 is 0 Å². The molecule has 1 atom stereocenters. The van der Waals surface area contributed by atoms with E-state index in [1.165, 1.54) is 0 Å². The highest BCUT2D eigenvalue weighted by atomic mass is 16.5. The monoisotopic (exact) mass is 288 g/mol. The second-order valence-electron chi connectivity index (χ2n) is 4.73. The van der Waals surface area contributed by atoms with E-state index >= 15 is 0 Å². The standard InChI is InChI=1S/C17H20O4/c1-20-14-7-8-15(16(11-14)21-2)17(19)13-5-3-12(4-6-13)9-10-18/h3-8,11,17-19H,9-10H2,1-2H3. The molecule has 0 radical (unpaired) electrons. The summed E-state index contributed by atoms with van der Waals surface area (Å²) in [7, 11) is 3.15. The fourth-order valence-electron chi connectivity index (χ4n) is 2.22. The third-order valence-electron chi connectivity index (χ3n) is 3.43. The molecular weight excluding hydrogens is 268 g/mol. The predicted molar refractivity (Wildman–Crippen MR) is 80.8 cm³/mol. The van der Waals surface area contributed by atoms with Crippen molar-refractivity contribution >= 4 is 0 Å². The van der Waals surface area contributed by atoms with E-state index in [0.717, 1.165) is 11.1 Å². The first-order valence-corrected chi connectivity index (χ1v) is 6.79. The van der Waals surface area contributed by atoms with E-state index in [2.05, 4.69) is 0 Å². The van der Waals surface area contributed by atoms with Gasteiger partial charge in [0.15, 0.2) is 0 Å². The Morgan fingerprint density at radius 1 is 1.00 bits per heavy atom. The Bertz CT molecular complexity index is 578. The van der Waals surface area contributed by atoms with E-state index in [0.29, 0.717) is 23.5 Å². The summed E-state index contributed by atoms with van der Waals surface area (Å²) in [5.74, 6) is 1.27. The quantitative estimate of drug-likeness (QED) is 0.856. The van der Waals surface area contributed by atoms with Gasteiger partial charge in [-0.3, -0.25) is 0 Å². The van der Waals surface area contributed by atoms with E-state index in [1.807, 2.05) is 24.3 Å². The average molecular weight is 288 g/mol. The van der Waals surface area contributed by atoms with Crippen LogP contribution in [0.15, 0.2) is 42.5 Å². The number of ether oxygens (including phenoxy) is 2. The largest absolute Gasteiger partial charge is 0.497 e. The highest BCUT2D eigenvalue weighted by Gasteiger charge is 2.16. The van der Waals surface area contributed by atoms with Gasteiger partial charge in [0, 0.05) is 18.2 Å². The van der Waals surface area contributed by atoms with Gasteiger partial charge in [-0.1, -0.05) is 24.3 Å². The van der Waals surface area contributed by atoms with E-state index in [1.54, 1.807) is 32.4 Å². The van der Waals surface area contributed by atoms with Crippen molar-refractivity contribution in [2.75, 3.05) is 20.8 Å². The van der Waals surface area contributed by atoms with Gasteiger partial charge in [0.2, 0.25) is 0 Å². The van der Waals surface area contributed by atoms with Crippen molar-refractivity contribution in [3.8, 4) is 11.5 Å². The summed E-state index contributed by atoms with van der Waals surface area (Å²) < 4.78 is 10.5. The molecule has 0 heterocycles. The SMILES string of the molecule is COc1ccc(C(O)c2ccc(CCO)cc2)c(OC)c1. The van der Waals surface area contributed by atoms with E-state index < -0.39 is 6.10 Å². The summed E-state index contributed by atoms with van der Waals surface area (Å²) in [5, 5.41) is 19.4. The Labute approximate surface area is 124 Å². The third kappa shape index (κ3) is 3.54. The first-order valence-electron chi connectivity index (χ1n) is 6.79. The maximum absolute atomic E-state index is 10.5. The summed E-state index contributed by atoms with van der Waals surface area (Å²) in [5.41, 5.74) is 2.50. The molecule has 0 aliphatic heterocycles. The molecule has 112 valence electrons. The van der Waals surface area contributed by atoms with Crippen LogP contribution in [0.25, 0.3) is 0 Å². The second-order valence-corrected chi connectivity index (χ2v) is 4.73. The Kier molecular flexibility index (Phi) is 5.20. The van der Waals surface area contributed by atoms with E-state index in [9.17, 15) is 5.11 Å². The van der Waals surface area contributed by atoms with Gasteiger partial charge in [-0.15, -0.1) is 0 Å². The van der Waals surface area contributed by atoms with Crippen LogP contribution in [0.5, 0.6) is 11.5 Å². The Morgan fingerprint density at radius 2 is 1.71 bits per heavy atom. The molecule has 2 aromatic rings. The predicted octanol–water partition coefficient (Wildman–Crippen LogP) is 2.32. The lowest BCUT2D eigenvalue weighted by molar-refractivity contribution is 0.214. The zero-order valence-electron chi connectivity index (χ0n) is 12.2. The second kappa shape index (κ2) is 7.11. The molecule has 0 aliphatic rings. The third-order valence-corrected chi connectivity index (χ3v) is 3.43. The van der Waals surface area contributed by atoms with Gasteiger partial charge in [-0.05, 0) is 29.7 Å². The minimum absolute atomic E-state index is 0.119. The molecule has 2 aromatic carbocycles. The van der Waals surface area contributed by atoms with Crippen molar-refractivity contribution in [1.82, 2.24) is 0 Å². The highest BCUT2D eigenvalue weighted by molar-refractivity contribution is 5.45. The van der Waals surface area contributed by atoms with Crippen molar-refractivity contribution in [2.45, 2.75) is 12.5 Å². The van der Waals surface area contributed by atoms with Crippen LogP contribution < -0.4 is 9.47 Å². The van der Waals surface area contributed by atoms with Crippen LogP contribution in [0.2, 0.25) is 0 Å². The molecule has 0 saturated heterocycles. The number of rotatable bonds is 6. The molecule has 1 unspecified atom stereocenters. The fourth-order valence-corrected chi connectivity index (χ4v) is 2.22. The van der Waals surface area contributed by atoms with Crippen molar-refractivity contribution < 1.29 is 19.7 Å². The number of aliphatic hydroxyl groups is 2. The first-order chi connectivity index (χ1) is 10.2. The van der Waals surface area contributed by atoms with Crippen molar-refractivity contribution in [1.29, 1.82) is 0 Å². The molecule has 0 fully saturated rings. The Hall–Kier alpha value is -2.04. The van der Waals surface area contributed by atoms with Crippen molar-refractivity contribution in [3.05, 3.63) is 59.2 Å². The normalized spacial score (nSPS) is 12.0. The maximum atomic E-state index is 10.5. The van der Waals surface area contributed by atoms with Gasteiger partial charge < -0.3 is 19.7 Å². The average Bonchev–Trinajstić information content (AvgIpc) is 2.54. The number of aliphatic hydroxyl groups excluding tert-OH is 2. The topological polar surface area (TPSA) is 58.9 Å². The molecule has 4 nitrogen and oxygen atoms in total. The fraction of sp³-hybridized carbons (Fsp3) is 0.294. The number of hydrogen-bond acceptors (Lipinski definition) is 4. The number of methoxy groups -OCH3 is 2. The number of hydrogen-bond donors (Lipinski definition) is 2. The zero-order chi connectivity index (χ0) is 15.2. The summed E-state index contributed by atoms with van der Waals surface area (Å²) in [6.45, 7) is 0.119. The summed E-state index contributed by atoms with van der Waals surface area (Å²) in [6.07, 6.45) is -0.156. The van der Waals surface area contributed by atoms with Crippen molar-refractivity contribution in [3.63, 3.8) is 0 Å². The molecule has 0 aromatic heterocycles. The van der Waals surface area contributed by atoms with Crippen LogP contribution >= 0.6 is 0 Å². The molecule has 0 amide bonds. The van der Waals surface area contributed by atoms with Gasteiger partial charge in [0.1, 0.15) is 17.6 Å². The van der Waals surface area contributed by atoms with Crippen molar-refractivity contribution in [2.24, 2.45) is 0 Å². The van der Waals surface area contributed by atoms with Gasteiger partial charge in [-0.25, -0.2) is 0 Å². The lowest BCUT2D eigenvalue weighted by Crippen LogP contribution is -2.03. The summed E-state index contributed by atoms with van der Waals surface area (Å²) in [6, 6.07) is 12.9. The van der Waals surface area contributed by atoms with Gasteiger partial charge in [0.05, 0.1) is 14.2 Å². The van der Waals surface area contributed by atoms with Gasteiger partial charge in [0.25, 0.3) is 0 Å². The Morgan fingerprint density at radius 3 is 2.29 bits per heavy atom. The van der Waals surface area contributed by atoms with Crippen LogP contribution in [0.1, 0.15) is 22.8 Å². The molecule has 0 aliphatic carbocycles. The zero-order valence-corrected chi connectivity index (χ0v) is 12.2. The van der Waals surface area contributed by atoms with Gasteiger partial charge in [-0.2, -0.15) is 0 Å². The molecule has 0 spiro atoms. The summed E-state index contributed by atoms with van der Waals surface area (Å²) >= 11 is 0. The van der Waals surface area contributed by atoms with Crippen LogP contribution in [0, 0.1) is 0 Å². The van der Waals surface area contributed by atoms with Crippen LogP contribution in [0.3, 0.4) is 0 Å². The molecular formula is C17H20O4. The van der Waals surface area contributed by atoms with E-state index in [4.69, 9.17) is 14.6 Å². The van der Waals surface area contributed by atoms with Crippen LogP contribution in [-0.4, -0.2) is 31.0 Å². The molecule has 2 rings (SSSR count). The molecule has 4 heteroatoms. The summed E-state index contributed by atoms with van der Waals surface area (Å²) in [4.78, 5) is 0. The van der Waals surface area contributed by atoms with E-state index in [-0.39, 0.29) is 6.61 Å². The first kappa shape index (κ1) is 15.4. The molecule has 2 N–H and O–H groups in total. The van der Waals surface area contributed by atoms with Crippen LogP contribution in [0.4, 0.5) is 0 Å². The van der Waals surface area contributed by atoms with Crippen LogP contribution in [-0.2, 0) is 6.42 Å². The minimum Gasteiger partial charge on any atom is -0.497 e. The lowest BCUT2D eigenvalue weighted by Gasteiger charge is -2.16.